The first kappa shape index (κ1) is 20.1. The maximum Gasteiger partial charge on any atom is 0.0375 e. The van der Waals surface area contributed by atoms with Crippen LogP contribution in [0.25, 0.3) is 0 Å². The van der Waals surface area contributed by atoms with Crippen molar-refractivity contribution >= 4 is 5.71 Å². The summed E-state index contributed by atoms with van der Waals surface area (Å²) in [6.07, 6.45) is 20.8. The average Bonchev–Trinajstić information content (AvgIpc) is 2.51. The van der Waals surface area contributed by atoms with Gasteiger partial charge >= 0.3 is 0 Å². The van der Waals surface area contributed by atoms with Gasteiger partial charge in [0, 0.05) is 18.7 Å². The van der Waals surface area contributed by atoms with Gasteiger partial charge in [0.2, 0.25) is 0 Å². The van der Waals surface area contributed by atoms with E-state index in [2.05, 4.69) is 31.5 Å². The molecule has 0 aromatic carbocycles. The summed E-state index contributed by atoms with van der Waals surface area (Å²) in [5, 5.41) is 0. The van der Waals surface area contributed by atoms with Gasteiger partial charge < -0.3 is 0 Å². The van der Waals surface area contributed by atoms with Crippen molar-refractivity contribution in [3.8, 4) is 0 Å². The van der Waals surface area contributed by atoms with Gasteiger partial charge in [-0.25, -0.2) is 0 Å². The highest BCUT2D eigenvalue weighted by Gasteiger charge is 2.12. The summed E-state index contributed by atoms with van der Waals surface area (Å²) in [4.78, 5) is 4.52. The maximum atomic E-state index is 4.52. The molecule has 0 radical (unpaired) electrons. The van der Waals surface area contributed by atoms with Crippen LogP contribution in [-0.4, -0.2) is 12.8 Å². The second-order valence-electron chi connectivity index (χ2n) is 5.99. The number of hydrogen-bond acceptors (Lipinski definition) is 1. The van der Waals surface area contributed by atoms with Crippen molar-refractivity contribution in [2.24, 2.45) is 10.9 Å². The first-order chi connectivity index (χ1) is 10.3. The van der Waals surface area contributed by atoms with E-state index < -0.39 is 0 Å². The number of nitrogens with zero attached hydrogens (tertiary/aromatic N) is 1. The Morgan fingerprint density at radius 2 is 1.43 bits per heavy atom. The summed E-state index contributed by atoms with van der Waals surface area (Å²) in [6.45, 7) is 8.32. The molecule has 0 aliphatic heterocycles. The van der Waals surface area contributed by atoms with Gasteiger partial charge in [0.1, 0.15) is 0 Å². The van der Waals surface area contributed by atoms with E-state index >= 15 is 0 Å². The lowest BCUT2D eigenvalue weighted by atomic mass is 9.90. The van der Waals surface area contributed by atoms with Crippen LogP contribution in [0.2, 0.25) is 0 Å². The van der Waals surface area contributed by atoms with Crippen molar-refractivity contribution in [2.45, 2.75) is 84.5 Å². The quantitative estimate of drug-likeness (QED) is 0.191. The van der Waals surface area contributed by atoms with Crippen molar-refractivity contribution in [3.05, 3.63) is 24.8 Å². The summed E-state index contributed by atoms with van der Waals surface area (Å²) in [6, 6.07) is 0. The van der Waals surface area contributed by atoms with Gasteiger partial charge in [-0.15, -0.1) is 0 Å². The van der Waals surface area contributed by atoms with Gasteiger partial charge in [0.25, 0.3) is 0 Å². The number of allylic oxidation sites excluding steroid dienone is 3. The van der Waals surface area contributed by atoms with Crippen LogP contribution in [0, 0.1) is 5.92 Å². The van der Waals surface area contributed by atoms with Crippen LogP contribution in [0.5, 0.6) is 0 Å². The molecule has 0 aromatic heterocycles. The molecule has 0 fully saturated rings. The molecule has 0 rings (SSSR count). The fraction of sp³-hybridized carbons (Fsp3) is 0.750. The smallest absolute Gasteiger partial charge is 0.0375 e. The molecule has 1 unspecified atom stereocenters. The molecule has 0 aliphatic rings. The minimum atomic E-state index is 0.643. The van der Waals surface area contributed by atoms with Crippen LogP contribution in [0.4, 0.5) is 0 Å². The molecule has 0 saturated heterocycles. The third-order valence-corrected chi connectivity index (χ3v) is 4.14. The highest BCUT2D eigenvalue weighted by atomic mass is 14.7. The van der Waals surface area contributed by atoms with Gasteiger partial charge in [0.05, 0.1) is 0 Å². The summed E-state index contributed by atoms with van der Waals surface area (Å²) in [5.41, 5.74) is 1.27. The lowest BCUT2D eigenvalue weighted by molar-refractivity contribution is 0.491. The molecule has 1 nitrogen and oxygen atoms in total. The number of rotatable bonds is 14. The standard InChI is InChI=1S/C20H37N/c1-5-8-11-13-15-17-19(16-14-12-9-6-2)20(21-4)18-10-7-3/h7,10,18-19H,3,5-6,8-9,11-17H2,1-2,4H3/b18-10-,21-20?. The molecule has 0 N–H and O–H groups in total. The summed E-state index contributed by atoms with van der Waals surface area (Å²) < 4.78 is 0. The van der Waals surface area contributed by atoms with Gasteiger partial charge in [-0.05, 0) is 18.9 Å². The van der Waals surface area contributed by atoms with Crippen LogP contribution in [0.3, 0.4) is 0 Å². The molecule has 0 heterocycles. The molecule has 0 spiro atoms. The molecule has 0 amide bonds. The number of hydrogen-bond donors (Lipinski definition) is 0. The number of unbranched alkanes of at least 4 members (excludes halogenated alkanes) is 7. The van der Waals surface area contributed by atoms with Crippen LogP contribution >= 0.6 is 0 Å². The minimum absolute atomic E-state index is 0.643. The Hall–Kier alpha value is -0.850. The summed E-state index contributed by atoms with van der Waals surface area (Å²) >= 11 is 0. The van der Waals surface area contributed by atoms with E-state index in [-0.39, 0.29) is 0 Å². The lowest BCUT2D eigenvalue weighted by Crippen LogP contribution is -2.13. The van der Waals surface area contributed by atoms with Crippen LogP contribution in [-0.2, 0) is 0 Å². The molecular formula is C20H37N. The highest BCUT2D eigenvalue weighted by molar-refractivity contribution is 5.96. The second kappa shape index (κ2) is 15.5. The Labute approximate surface area is 133 Å². The van der Waals surface area contributed by atoms with Crippen molar-refractivity contribution in [1.29, 1.82) is 0 Å². The molecule has 122 valence electrons. The third-order valence-electron chi connectivity index (χ3n) is 4.14. The molecule has 0 bridgehead atoms. The van der Waals surface area contributed by atoms with Gasteiger partial charge in [-0.3, -0.25) is 4.99 Å². The largest absolute Gasteiger partial charge is 0.293 e. The van der Waals surface area contributed by atoms with Gasteiger partial charge in [-0.2, -0.15) is 0 Å². The monoisotopic (exact) mass is 291 g/mol. The van der Waals surface area contributed by atoms with E-state index in [0.717, 1.165) is 0 Å². The van der Waals surface area contributed by atoms with E-state index in [1.54, 1.807) is 0 Å². The van der Waals surface area contributed by atoms with Gasteiger partial charge in [0.15, 0.2) is 0 Å². The van der Waals surface area contributed by atoms with Crippen LogP contribution < -0.4 is 0 Å². The highest BCUT2D eigenvalue weighted by Crippen LogP contribution is 2.21. The molecule has 0 aromatic rings. The van der Waals surface area contributed by atoms with E-state index in [9.17, 15) is 0 Å². The third kappa shape index (κ3) is 11.5. The Morgan fingerprint density at radius 1 is 0.905 bits per heavy atom. The summed E-state index contributed by atoms with van der Waals surface area (Å²) in [5.74, 6) is 0.643. The van der Waals surface area contributed by atoms with Crippen LogP contribution in [0.15, 0.2) is 29.8 Å². The minimum Gasteiger partial charge on any atom is -0.293 e. The molecule has 0 aliphatic carbocycles. The molecule has 21 heavy (non-hydrogen) atoms. The SMILES string of the molecule is C=C/C=C\C(=NC)C(CCCCCC)CCCCCCC. The predicted molar refractivity (Wildman–Crippen MR) is 98.3 cm³/mol. The Bertz CT molecular complexity index is 288. The first-order valence-electron chi connectivity index (χ1n) is 9.05. The normalized spacial score (nSPS) is 13.8. The average molecular weight is 292 g/mol. The summed E-state index contributed by atoms with van der Waals surface area (Å²) in [7, 11) is 1.93. The van der Waals surface area contributed by atoms with Crippen LogP contribution in [0.1, 0.15) is 84.5 Å². The lowest BCUT2D eigenvalue weighted by Gasteiger charge is -2.17. The molecule has 1 heteroatoms. The number of aliphatic imine (C=N–C) groups is 1. The van der Waals surface area contributed by atoms with E-state index in [0.29, 0.717) is 5.92 Å². The van der Waals surface area contributed by atoms with Crippen molar-refractivity contribution in [3.63, 3.8) is 0 Å². The predicted octanol–water partition coefficient (Wildman–Crippen LogP) is 6.75. The second-order valence-corrected chi connectivity index (χ2v) is 5.99. The van der Waals surface area contributed by atoms with Crippen molar-refractivity contribution in [1.82, 2.24) is 0 Å². The molecule has 0 saturated carbocycles. The zero-order valence-corrected chi connectivity index (χ0v) is 14.7. The topological polar surface area (TPSA) is 12.4 Å². The zero-order valence-electron chi connectivity index (χ0n) is 14.7. The molecule has 1 atom stereocenters. The van der Waals surface area contributed by atoms with E-state index in [1.165, 1.54) is 76.3 Å². The van der Waals surface area contributed by atoms with Gasteiger partial charge in [-0.1, -0.05) is 90.4 Å². The maximum absolute atomic E-state index is 4.52. The van der Waals surface area contributed by atoms with Crippen molar-refractivity contribution in [2.75, 3.05) is 7.05 Å². The zero-order chi connectivity index (χ0) is 15.8. The first-order valence-corrected chi connectivity index (χ1v) is 9.05. The molecular weight excluding hydrogens is 254 g/mol. The van der Waals surface area contributed by atoms with Crippen molar-refractivity contribution < 1.29 is 0 Å². The fourth-order valence-electron chi connectivity index (χ4n) is 2.81. The van der Waals surface area contributed by atoms with E-state index in [1.807, 2.05) is 19.2 Å². The van der Waals surface area contributed by atoms with E-state index in [4.69, 9.17) is 0 Å². The fourth-order valence-corrected chi connectivity index (χ4v) is 2.81. The Morgan fingerprint density at radius 3 is 1.90 bits per heavy atom. The Kier molecular flexibility index (Phi) is 14.9. The Balaban J connectivity index is 4.30.